The second-order valence-electron chi connectivity index (χ2n) is 7.50. The maximum atomic E-state index is 11.3. The fourth-order valence-electron chi connectivity index (χ4n) is 3.54. The number of rotatable bonds is 15. The maximum Gasteiger partial charge on any atom is 0.321 e. The average Bonchev–Trinajstić information content (AvgIpc) is 2.92. The molecular weight excluding hydrogens is 312 g/mol. The van der Waals surface area contributed by atoms with Gasteiger partial charge in [0.25, 0.3) is 0 Å². The van der Waals surface area contributed by atoms with Crippen molar-refractivity contribution in [3.05, 3.63) is 12.2 Å². The molecule has 3 heteroatoms. The molecule has 2 unspecified atom stereocenters. The topological polar surface area (TPSA) is 43.4 Å². The minimum absolute atomic E-state index is 0.215. The van der Waals surface area contributed by atoms with E-state index in [1.54, 1.807) is 0 Å². The van der Waals surface area contributed by atoms with Crippen molar-refractivity contribution in [1.29, 1.82) is 0 Å². The van der Waals surface area contributed by atoms with Crippen molar-refractivity contribution >= 4 is 11.9 Å². The molecule has 3 nitrogen and oxygen atoms in total. The zero-order valence-corrected chi connectivity index (χ0v) is 16.4. The van der Waals surface area contributed by atoms with Crippen molar-refractivity contribution < 1.29 is 14.3 Å². The fraction of sp³-hybridized carbons (Fsp3) is 0.818. The van der Waals surface area contributed by atoms with Gasteiger partial charge in [0, 0.05) is 0 Å². The van der Waals surface area contributed by atoms with Gasteiger partial charge in [0.2, 0.25) is 0 Å². The lowest BCUT2D eigenvalue weighted by Crippen LogP contribution is -2.03. The summed E-state index contributed by atoms with van der Waals surface area (Å²) < 4.78 is 4.53. The molecule has 0 N–H and O–H groups in total. The number of cyclic esters (lactones) is 2. The zero-order valence-electron chi connectivity index (χ0n) is 16.4. The number of carbonyl (C=O) groups excluding carboxylic acids is 2. The summed E-state index contributed by atoms with van der Waals surface area (Å²) in [5, 5.41) is 0. The maximum absolute atomic E-state index is 11.3. The van der Waals surface area contributed by atoms with E-state index >= 15 is 0 Å². The van der Waals surface area contributed by atoms with E-state index in [9.17, 15) is 9.59 Å². The monoisotopic (exact) mass is 350 g/mol. The number of carbonyl (C=O) groups is 2. The Hall–Kier alpha value is -1.12. The van der Waals surface area contributed by atoms with Gasteiger partial charge in [0.15, 0.2) is 0 Å². The van der Waals surface area contributed by atoms with E-state index in [2.05, 4.69) is 18.6 Å². The van der Waals surface area contributed by atoms with Gasteiger partial charge in [-0.1, -0.05) is 96.6 Å². The van der Waals surface area contributed by atoms with Crippen molar-refractivity contribution in [3.63, 3.8) is 0 Å². The largest absolute Gasteiger partial charge is 0.393 e. The van der Waals surface area contributed by atoms with Crippen LogP contribution >= 0.6 is 0 Å². The summed E-state index contributed by atoms with van der Waals surface area (Å²) in [4.78, 5) is 22.3. The van der Waals surface area contributed by atoms with Gasteiger partial charge in [-0.2, -0.15) is 0 Å². The fourth-order valence-corrected chi connectivity index (χ4v) is 3.54. The molecule has 0 bridgehead atoms. The van der Waals surface area contributed by atoms with Gasteiger partial charge in [-0.05, 0) is 18.8 Å². The highest BCUT2D eigenvalue weighted by molar-refractivity contribution is 5.95. The number of unbranched alkanes of at least 4 members (excludes halogenated alkanes) is 8. The van der Waals surface area contributed by atoms with Crippen molar-refractivity contribution in [2.45, 2.75) is 104 Å². The van der Waals surface area contributed by atoms with Gasteiger partial charge in [0.1, 0.15) is 0 Å². The lowest BCUT2D eigenvalue weighted by molar-refractivity contribution is -0.152. The van der Waals surface area contributed by atoms with E-state index in [1.165, 1.54) is 77.0 Å². The summed E-state index contributed by atoms with van der Waals surface area (Å²) in [5.74, 6) is -0.179. The second-order valence-corrected chi connectivity index (χ2v) is 7.50. The summed E-state index contributed by atoms with van der Waals surface area (Å²) in [7, 11) is 0. The number of hydrogen-bond donors (Lipinski definition) is 0. The first-order valence-corrected chi connectivity index (χ1v) is 10.6. The van der Waals surface area contributed by atoms with E-state index < -0.39 is 5.97 Å². The molecule has 0 saturated carbocycles. The smallest absolute Gasteiger partial charge is 0.321 e. The van der Waals surface area contributed by atoms with E-state index in [4.69, 9.17) is 0 Å². The van der Waals surface area contributed by atoms with Crippen molar-refractivity contribution in [2.75, 3.05) is 0 Å². The third-order valence-corrected chi connectivity index (χ3v) is 5.30. The molecule has 0 aromatic rings. The summed E-state index contributed by atoms with van der Waals surface area (Å²) in [6, 6.07) is 0. The third kappa shape index (κ3) is 10.5. The van der Waals surface area contributed by atoms with Gasteiger partial charge in [-0.25, -0.2) is 0 Å². The molecule has 0 aliphatic carbocycles. The molecule has 0 spiro atoms. The predicted molar refractivity (Wildman–Crippen MR) is 103 cm³/mol. The van der Waals surface area contributed by atoms with Crippen LogP contribution in [0.5, 0.6) is 0 Å². The number of esters is 2. The Morgan fingerprint density at radius 1 is 0.960 bits per heavy atom. The van der Waals surface area contributed by atoms with Crippen LogP contribution < -0.4 is 0 Å². The molecule has 0 radical (unpaired) electrons. The SMILES string of the molecule is CCCCCCC(CC)CCCCCCCC=CC1CC(=O)OC1=O. The first kappa shape index (κ1) is 21.9. The third-order valence-electron chi connectivity index (χ3n) is 5.30. The van der Waals surface area contributed by atoms with Crippen LogP contribution in [0.2, 0.25) is 0 Å². The highest BCUT2D eigenvalue weighted by Crippen LogP contribution is 2.21. The van der Waals surface area contributed by atoms with E-state index in [0.29, 0.717) is 0 Å². The Bertz CT molecular complexity index is 400. The van der Waals surface area contributed by atoms with Crippen molar-refractivity contribution in [2.24, 2.45) is 11.8 Å². The van der Waals surface area contributed by atoms with Crippen molar-refractivity contribution in [3.8, 4) is 0 Å². The Kier molecular flexibility index (Phi) is 12.4. The van der Waals surface area contributed by atoms with Crippen LogP contribution in [0, 0.1) is 11.8 Å². The standard InChI is InChI=1S/C22H38O3/c1-3-5-6-12-15-19(4-2)16-13-10-8-7-9-11-14-17-20-18-21(23)25-22(20)24/h14,17,19-20H,3-13,15-16,18H2,1-2H3. The van der Waals surface area contributed by atoms with E-state index in [-0.39, 0.29) is 18.3 Å². The van der Waals surface area contributed by atoms with Crippen LogP contribution in [0.25, 0.3) is 0 Å². The molecule has 1 fully saturated rings. The lowest BCUT2D eigenvalue weighted by atomic mass is 9.92. The number of ether oxygens (including phenoxy) is 1. The molecule has 1 rings (SSSR count). The van der Waals surface area contributed by atoms with E-state index in [0.717, 1.165) is 12.3 Å². The summed E-state index contributed by atoms with van der Waals surface area (Å²) in [5.41, 5.74) is 0. The molecule has 1 heterocycles. The Labute approximate surface area is 154 Å². The summed E-state index contributed by atoms with van der Waals surface area (Å²) in [6.07, 6.45) is 21.2. The molecular formula is C22H38O3. The molecule has 1 aliphatic rings. The number of hydrogen-bond acceptors (Lipinski definition) is 3. The lowest BCUT2D eigenvalue weighted by Gasteiger charge is -2.14. The Morgan fingerprint density at radius 2 is 1.60 bits per heavy atom. The van der Waals surface area contributed by atoms with Crippen LogP contribution in [-0.4, -0.2) is 11.9 Å². The molecule has 1 saturated heterocycles. The predicted octanol–water partition coefficient (Wildman–Crippen LogP) is 6.36. The van der Waals surface area contributed by atoms with Crippen molar-refractivity contribution in [1.82, 2.24) is 0 Å². The summed E-state index contributed by atoms with van der Waals surface area (Å²) in [6.45, 7) is 4.61. The van der Waals surface area contributed by atoms with Crippen LogP contribution in [-0.2, 0) is 14.3 Å². The molecule has 2 atom stereocenters. The minimum atomic E-state index is -0.393. The molecule has 25 heavy (non-hydrogen) atoms. The molecule has 0 aromatic heterocycles. The van der Waals surface area contributed by atoms with Gasteiger partial charge in [0.05, 0.1) is 12.3 Å². The first-order chi connectivity index (χ1) is 12.2. The van der Waals surface area contributed by atoms with Crippen LogP contribution in [0.15, 0.2) is 12.2 Å². The minimum Gasteiger partial charge on any atom is -0.393 e. The second kappa shape index (κ2) is 14.1. The Balaban J connectivity index is 1.94. The highest BCUT2D eigenvalue weighted by Gasteiger charge is 2.30. The number of allylic oxidation sites excluding steroid dienone is 1. The van der Waals surface area contributed by atoms with E-state index in [1.807, 2.05) is 12.2 Å². The van der Waals surface area contributed by atoms with Crippen LogP contribution in [0.1, 0.15) is 104 Å². The quantitative estimate of drug-likeness (QED) is 0.149. The first-order valence-electron chi connectivity index (χ1n) is 10.6. The molecule has 0 amide bonds. The Morgan fingerprint density at radius 3 is 2.20 bits per heavy atom. The zero-order chi connectivity index (χ0) is 18.3. The van der Waals surface area contributed by atoms with Gasteiger partial charge < -0.3 is 4.74 Å². The highest BCUT2D eigenvalue weighted by atomic mass is 16.6. The van der Waals surface area contributed by atoms with Gasteiger partial charge >= 0.3 is 11.9 Å². The average molecular weight is 351 g/mol. The molecule has 1 aliphatic heterocycles. The van der Waals surface area contributed by atoms with Gasteiger partial charge in [-0.15, -0.1) is 0 Å². The molecule has 144 valence electrons. The van der Waals surface area contributed by atoms with Crippen LogP contribution in [0.3, 0.4) is 0 Å². The normalized spacial score (nSPS) is 18.9. The summed E-state index contributed by atoms with van der Waals surface area (Å²) >= 11 is 0. The van der Waals surface area contributed by atoms with Crippen LogP contribution in [0.4, 0.5) is 0 Å². The van der Waals surface area contributed by atoms with Gasteiger partial charge in [-0.3, -0.25) is 9.59 Å². The molecule has 0 aromatic carbocycles.